The third kappa shape index (κ3) is 6.10. The van der Waals surface area contributed by atoms with Crippen LogP contribution in [-0.4, -0.2) is 42.2 Å². The molecular weight excluding hydrogens is 244 g/mol. The summed E-state index contributed by atoms with van der Waals surface area (Å²) in [4.78, 5) is 13.4. The summed E-state index contributed by atoms with van der Waals surface area (Å²) >= 11 is 0. The number of anilines is 1. The van der Waals surface area contributed by atoms with Crippen molar-refractivity contribution in [3.05, 3.63) is 24.3 Å². The molecule has 0 spiro atoms. The molecule has 5 heteroatoms. The van der Waals surface area contributed by atoms with Crippen LogP contribution in [0.4, 0.5) is 5.69 Å². The summed E-state index contributed by atoms with van der Waals surface area (Å²) in [7, 11) is 1.73. The number of rotatable bonds is 7. The summed E-state index contributed by atoms with van der Waals surface area (Å²) in [5.41, 5.74) is 6.26. The fraction of sp³-hybridized carbons (Fsp3) is 0.500. The molecule has 1 amide bonds. The zero-order valence-corrected chi connectivity index (χ0v) is 11.5. The Hall–Kier alpha value is -1.75. The Bertz CT molecular complexity index is 407. The maximum Gasteiger partial charge on any atom is 0.225 e. The van der Waals surface area contributed by atoms with Gasteiger partial charge >= 0.3 is 0 Å². The maximum absolute atomic E-state index is 11.8. The third-order valence-electron chi connectivity index (χ3n) is 2.75. The molecule has 0 aromatic heterocycles. The number of hydrogen-bond donors (Lipinski definition) is 2. The van der Waals surface area contributed by atoms with Crippen LogP contribution in [0.1, 0.15) is 19.8 Å². The predicted molar refractivity (Wildman–Crippen MR) is 74.9 cm³/mol. The van der Waals surface area contributed by atoms with E-state index in [-0.39, 0.29) is 5.91 Å². The summed E-state index contributed by atoms with van der Waals surface area (Å²) in [5, 5.41) is 9.16. The van der Waals surface area contributed by atoms with Crippen molar-refractivity contribution >= 4 is 11.6 Å². The number of carbonyl (C=O) groups is 1. The van der Waals surface area contributed by atoms with Gasteiger partial charge in [-0.1, -0.05) is 6.07 Å². The highest BCUT2D eigenvalue weighted by atomic mass is 16.5. The fourth-order valence-electron chi connectivity index (χ4n) is 1.56. The zero-order valence-electron chi connectivity index (χ0n) is 11.5. The highest BCUT2D eigenvalue weighted by molar-refractivity contribution is 5.75. The molecule has 1 rings (SSSR count). The van der Waals surface area contributed by atoms with E-state index in [4.69, 9.17) is 15.6 Å². The SMILES string of the molecule is CC(O)CCN(C)C(=O)CCOc1cccc(N)c1. The number of nitrogen functional groups attached to an aromatic ring is 1. The van der Waals surface area contributed by atoms with E-state index in [1.54, 1.807) is 43.1 Å². The molecule has 1 aromatic carbocycles. The summed E-state index contributed by atoms with van der Waals surface area (Å²) in [6.45, 7) is 2.58. The van der Waals surface area contributed by atoms with E-state index in [9.17, 15) is 4.79 Å². The van der Waals surface area contributed by atoms with Crippen LogP contribution in [0.2, 0.25) is 0 Å². The fourth-order valence-corrected chi connectivity index (χ4v) is 1.56. The number of aliphatic hydroxyl groups excluding tert-OH is 1. The lowest BCUT2D eigenvalue weighted by Gasteiger charge is -2.18. The van der Waals surface area contributed by atoms with Crippen molar-refractivity contribution in [3.8, 4) is 5.75 Å². The van der Waals surface area contributed by atoms with Crippen LogP contribution in [0.5, 0.6) is 5.75 Å². The molecule has 0 aliphatic rings. The van der Waals surface area contributed by atoms with Gasteiger partial charge in [0.05, 0.1) is 19.1 Å². The molecule has 1 aromatic rings. The third-order valence-corrected chi connectivity index (χ3v) is 2.75. The van der Waals surface area contributed by atoms with Gasteiger partial charge in [-0.25, -0.2) is 0 Å². The number of amides is 1. The molecule has 0 aliphatic carbocycles. The Kier molecular flexibility index (Phi) is 6.15. The summed E-state index contributed by atoms with van der Waals surface area (Å²) in [6, 6.07) is 7.11. The molecule has 1 unspecified atom stereocenters. The van der Waals surface area contributed by atoms with Gasteiger partial charge in [0.2, 0.25) is 5.91 Å². The number of ether oxygens (including phenoxy) is 1. The first kappa shape index (κ1) is 15.3. The number of hydrogen-bond acceptors (Lipinski definition) is 4. The van der Waals surface area contributed by atoms with E-state index in [1.807, 2.05) is 0 Å². The first-order valence-electron chi connectivity index (χ1n) is 6.39. The zero-order chi connectivity index (χ0) is 14.3. The van der Waals surface area contributed by atoms with Gasteiger partial charge in [0.25, 0.3) is 0 Å². The van der Waals surface area contributed by atoms with Crippen molar-refractivity contribution in [1.82, 2.24) is 4.90 Å². The van der Waals surface area contributed by atoms with Crippen LogP contribution in [0.25, 0.3) is 0 Å². The van der Waals surface area contributed by atoms with E-state index in [2.05, 4.69) is 0 Å². The van der Waals surface area contributed by atoms with E-state index < -0.39 is 6.10 Å². The average molecular weight is 266 g/mol. The molecule has 0 saturated heterocycles. The van der Waals surface area contributed by atoms with Gasteiger partial charge in [-0.05, 0) is 25.5 Å². The smallest absolute Gasteiger partial charge is 0.225 e. The van der Waals surface area contributed by atoms with Crippen LogP contribution >= 0.6 is 0 Å². The van der Waals surface area contributed by atoms with E-state index in [1.165, 1.54) is 0 Å². The van der Waals surface area contributed by atoms with Gasteiger partial charge in [-0.3, -0.25) is 4.79 Å². The minimum Gasteiger partial charge on any atom is -0.493 e. The Balaban J connectivity index is 2.26. The average Bonchev–Trinajstić information content (AvgIpc) is 2.35. The summed E-state index contributed by atoms with van der Waals surface area (Å²) < 4.78 is 5.46. The number of carbonyl (C=O) groups excluding carboxylic acids is 1. The van der Waals surface area contributed by atoms with E-state index in [0.29, 0.717) is 37.4 Å². The lowest BCUT2D eigenvalue weighted by molar-refractivity contribution is -0.130. The Labute approximate surface area is 114 Å². The molecule has 19 heavy (non-hydrogen) atoms. The minimum absolute atomic E-state index is 0.00422. The van der Waals surface area contributed by atoms with Gasteiger partial charge in [0, 0.05) is 25.3 Å². The molecule has 0 heterocycles. The maximum atomic E-state index is 11.8. The lowest BCUT2D eigenvalue weighted by atomic mass is 10.2. The topological polar surface area (TPSA) is 75.8 Å². The number of aliphatic hydroxyl groups is 1. The summed E-state index contributed by atoms with van der Waals surface area (Å²) in [5.74, 6) is 0.670. The first-order valence-corrected chi connectivity index (χ1v) is 6.39. The Morgan fingerprint density at radius 1 is 1.53 bits per heavy atom. The lowest BCUT2D eigenvalue weighted by Crippen LogP contribution is -2.30. The van der Waals surface area contributed by atoms with E-state index in [0.717, 1.165) is 0 Å². The van der Waals surface area contributed by atoms with Crippen molar-refractivity contribution in [3.63, 3.8) is 0 Å². The van der Waals surface area contributed by atoms with Crippen molar-refractivity contribution in [1.29, 1.82) is 0 Å². The summed E-state index contributed by atoms with van der Waals surface area (Å²) in [6.07, 6.45) is 0.502. The standard InChI is InChI=1S/C14H22N2O3/c1-11(17)6-8-16(2)14(18)7-9-19-13-5-3-4-12(15)10-13/h3-5,10-11,17H,6-9,15H2,1-2H3. The first-order chi connectivity index (χ1) is 8.99. The van der Waals surface area contributed by atoms with Crippen LogP contribution in [0, 0.1) is 0 Å². The van der Waals surface area contributed by atoms with Gasteiger partial charge in [0.15, 0.2) is 0 Å². The molecule has 3 N–H and O–H groups in total. The highest BCUT2D eigenvalue weighted by Gasteiger charge is 2.09. The number of nitrogens with two attached hydrogens (primary N) is 1. The second-order valence-electron chi connectivity index (χ2n) is 4.62. The monoisotopic (exact) mass is 266 g/mol. The quantitative estimate of drug-likeness (QED) is 0.729. The van der Waals surface area contributed by atoms with Crippen LogP contribution in [-0.2, 0) is 4.79 Å². The number of benzene rings is 1. The molecule has 0 fully saturated rings. The van der Waals surface area contributed by atoms with Crippen molar-refractivity contribution in [2.24, 2.45) is 0 Å². The predicted octanol–water partition coefficient (Wildman–Crippen LogP) is 1.27. The van der Waals surface area contributed by atoms with Gasteiger partial charge in [0.1, 0.15) is 5.75 Å². The van der Waals surface area contributed by atoms with Gasteiger partial charge in [-0.2, -0.15) is 0 Å². The normalized spacial score (nSPS) is 11.9. The van der Waals surface area contributed by atoms with Gasteiger partial charge < -0.3 is 20.5 Å². The second kappa shape index (κ2) is 7.63. The molecule has 5 nitrogen and oxygen atoms in total. The molecular formula is C14H22N2O3. The van der Waals surface area contributed by atoms with Crippen molar-refractivity contribution in [2.75, 3.05) is 25.9 Å². The van der Waals surface area contributed by atoms with Crippen LogP contribution in [0.3, 0.4) is 0 Å². The van der Waals surface area contributed by atoms with Gasteiger partial charge in [-0.15, -0.1) is 0 Å². The van der Waals surface area contributed by atoms with E-state index >= 15 is 0 Å². The molecule has 106 valence electrons. The van der Waals surface area contributed by atoms with Crippen LogP contribution < -0.4 is 10.5 Å². The molecule has 0 bridgehead atoms. The minimum atomic E-state index is -0.390. The molecule has 0 saturated carbocycles. The largest absolute Gasteiger partial charge is 0.493 e. The Morgan fingerprint density at radius 3 is 2.89 bits per heavy atom. The molecule has 1 atom stereocenters. The molecule has 0 radical (unpaired) electrons. The van der Waals surface area contributed by atoms with Crippen molar-refractivity contribution < 1.29 is 14.6 Å². The van der Waals surface area contributed by atoms with Crippen LogP contribution in [0.15, 0.2) is 24.3 Å². The van der Waals surface area contributed by atoms with Crippen molar-refractivity contribution in [2.45, 2.75) is 25.9 Å². The molecule has 0 aliphatic heterocycles. The second-order valence-corrected chi connectivity index (χ2v) is 4.62. The Morgan fingerprint density at radius 2 is 2.26 bits per heavy atom. The number of nitrogens with zero attached hydrogens (tertiary/aromatic N) is 1. The highest BCUT2D eigenvalue weighted by Crippen LogP contribution is 2.14.